The van der Waals surface area contributed by atoms with Gasteiger partial charge in [-0.1, -0.05) is 0 Å². The Kier molecular flexibility index (Phi) is 6.44. The third-order valence-corrected chi connectivity index (χ3v) is 187. The number of rotatable bonds is 0. The predicted molar refractivity (Wildman–Crippen MR) is 65.1 cm³/mol. The Labute approximate surface area is 91.8 Å². The molecule has 0 fully saturated rings. The molecule has 0 saturated carbocycles. The fraction of sp³-hybridized carbons (Fsp3) is 0. The fourth-order valence-corrected chi connectivity index (χ4v) is 0. The van der Waals surface area contributed by atoms with Crippen LogP contribution in [0.1, 0.15) is 0 Å². The molecule has 0 heterocycles. The second kappa shape index (κ2) is 4.29. The maximum atomic E-state index is 3.54. The van der Waals surface area contributed by atoms with Crippen LogP contribution in [0, 0.1) is 0 Å². The molecule has 0 aliphatic carbocycles. The van der Waals surface area contributed by atoms with E-state index in [4.69, 9.17) is 0 Å². The molecule has 0 aromatic carbocycles. The van der Waals surface area contributed by atoms with Crippen LogP contribution in [0.4, 0.5) is 0 Å². The minimum absolute atomic E-state index is 1.81. The molecule has 0 rings (SSSR count). The summed E-state index contributed by atoms with van der Waals surface area (Å²) in [6.07, 6.45) is 0. The molecule has 0 bridgehead atoms. The van der Waals surface area contributed by atoms with Gasteiger partial charge in [-0.3, -0.25) is 0 Å². The van der Waals surface area contributed by atoms with Gasteiger partial charge >= 0.3 is 94.3 Å². The van der Waals surface area contributed by atoms with Crippen molar-refractivity contribution in [3.05, 3.63) is 0 Å². The molecule has 0 saturated heterocycles. The zero-order valence-corrected chi connectivity index (χ0v) is 16.4. The van der Waals surface area contributed by atoms with Crippen molar-refractivity contribution in [3.8, 4) is 0 Å². The maximum absolute atomic E-state index is 3.54. The normalized spacial score (nSPS) is 14.2. The van der Waals surface area contributed by atoms with E-state index in [0.29, 0.717) is 0 Å². The molecule has 0 aliphatic rings. The van der Waals surface area contributed by atoms with Gasteiger partial charge in [0.2, 0.25) is 0 Å². The summed E-state index contributed by atoms with van der Waals surface area (Å²) in [7, 11) is 0. The van der Waals surface area contributed by atoms with E-state index in [1.54, 1.807) is 0 Å². The van der Waals surface area contributed by atoms with Crippen LogP contribution in [0.25, 0.3) is 0 Å². The topological polar surface area (TPSA) is 0 Å². The number of hydrogen-bond acceptors (Lipinski definition) is 0. The van der Waals surface area contributed by atoms with Crippen molar-refractivity contribution in [3.63, 3.8) is 0 Å². The Hall–Kier alpha value is 4.00. The summed E-state index contributed by atoms with van der Waals surface area (Å²) in [6.45, 7) is 0. The first-order valence-corrected chi connectivity index (χ1v) is 32.8. The SMILES string of the molecule is Br[As](Br)(Br)=[As](Br)(Br)Br. The van der Waals surface area contributed by atoms with Gasteiger partial charge in [-0.2, -0.15) is 0 Å². The molecule has 0 aromatic heterocycles. The molecule has 0 spiro atoms. The van der Waals surface area contributed by atoms with Crippen molar-refractivity contribution in [2.24, 2.45) is 0 Å². The molecule has 0 atom stereocenters. The first-order valence-electron chi connectivity index (χ1n) is 1.21. The van der Waals surface area contributed by atoms with E-state index in [1.165, 1.54) is 0 Å². The van der Waals surface area contributed by atoms with Gasteiger partial charge in [-0.25, -0.2) is 0 Å². The summed E-state index contributed by atoms with van der Waals surface area (Å²) >= 11 is 21.2. The summed E-state index contributed by atoms with van der Waals surface area (Å²) in [5, 5.41) is -3.61. The molecular weight excluding hydrogens is 629 g/mol. The van der Waals surface area contributed by atoms with E-state index in [9.17, 15) is 0 Å². The Bertz CT molecular complexity index is 109. The standard InChI is InChI=1S/As2Br6/c3-1(4,5)2(6,7)8. The van der Waals surface area contributed by atoms with Gasteiger partial charge in [0.15, 0.2) is 0 Å². The van der Waals surface area contributed by atoms with E-state index in [-0.39, 0.29) is 0 Å². The van der Waals surface area contributed by atoms with Crippen molar-refractivity contribution in [1.82, 2.24) is 0 Å². The number of halogens is 6. The average molecular weight is 629 g/mol. The Morgan fingerprint density at radius 2 is 0.625 bits per heavy atom. The minimum atomic E-state index is -1.81. The van der Waals surface area contributed by atoms with Crippen molar-refractivity contribution in [1.29, 1.82) is 0 Å². The second-order valence-corrected chi connectivity index (χ2v) is 117. The molecule has 0 amide bonds. The zero-order chi connectivity index (χ0) is 7.00. The van der Waals surface area contributed by atoms with Crippen molar-refractivity contribution < 1.29 is 0 Å². The Morgan fingerprint density at radius 3 is 0.625 bits per heavy atom. The summed E-state index contributed by atoms with van der Waals surface area (Å²) in [5.74, 6) is 0. The van der Waals surface area contributed by atoms with Crippen LogP contribution in [-0.4, -0.2) is 10.7 Å². The van der Waals surface area contributed by atoms with Crippen LogP contribution in [0.2, 0.25) is 0 Å². The van der Waals surface area contributed by atoms with Crippen LogP contribution in [0.15, 0.2) is 0 Å². The van der Waals surface area contributed by atoms with E-state index >= 15 is 0 Å². The monoisotopic (exact) mass is 623 g/mol. The Morgan fingerprint density at radius 1 is 0.500 bits per heavy atom. The van der Waals surface area contributed by atoms with Crippen LogP contribution in [0.3, 0.4) is 0 Å². The van der Waals surface area contributed by atoms with E-state index < -0.39 is 10.7 Å². The average Bonchev–Trinajstić information content (AvgIpc) is 1.25. The van der Waals surface area contributed by atoms with Gasteiger partial charge in [-0.15, -0.1) is 0 Å². The summed E-state index contributed by atoms with van der Waals surface area (Å²) in [5.41, 5.74) is 0. The molecule has 0 N–H and O–H groups in total. The predicted octanol–water partition coefficient (Wildman–Crippen LogP) is 4.31. The molecule has 0 nitrogen and oxygen atoms in total. The van der Waals surface area contributed by atoms with Gasteiger partial charge in [0.1, 0.15) is 0 Å². The quantitative estimate of drug-likeness (QED) is 0.351. The summed E-state index contributed by atoms with van der Waals surface area (Å²) < 4.78 is 0. The van der Waals surface area contributed by atoms with Crippen LogP contribution in [0.5, 0.6) is 0 Å². The molecule has 52 valence electrons. The fourth-order valence-electron chi connectivity index (χ4n) is 0. The van der Waals surface area contributed by atoms with Gasteiger partial charge < -0.3 is 0 Å². The summed E-state index contributed by atoms with van der Waals surface area (Å²) in [6, 6.07) is 0. The third-order valence-electron chi connectivity index (χ3n) is 0.257. The zero-order valence-electron chi connectivity index (χ0n) is 3.16. The van der Waals surface area contributed by atoms with E-state index in [0.717, 1.165) is 0 Å². The van der Waals surface area contributed by atoms with E-state index in [1.807, 2.05) is 0 Å². The number of hydrogen-bond donors (Lipinski definition) is 0. The molecule has 8 heavy (non-hydrogen) atoms. The first-order chi connectivity index (χ1) is 3.25. The molecular formula is As2Br6. The van der Waals surface area contributed by atoms with Crippen molar-refractivity contribution >= 4 is 94.3 Å². The Balaban J connectivity index is 4.84. The summed E-state index contributed by atoms with van der Waals surface area (Å²) in [4.78, 5) is 0. The van der Waals surface area contributed by atoms with Crippen LogP contribution >= 0.6 is 83.6 Å². The van der Waals surface area contributed by atoms with Gasteiger partial charge in [0.25, 0.3) is 0 Å². The van der Waals surface area contributed by atoms with Gasteiger partial charge in [0, 0.05) is 0 Å². The first kappa shape index (κ1) is 12.0. The third kappa shape index (κ3) is 4.79. The molecule has 0 radical (unpaired) electrons. The van der Waals surface area contributed by atoms with Crippen molar-refractivity contribution in [2.45, 2.75) is 0 Å². The molecule has 8 heteroatoms. The molecule has 0 aliphatic heterocycles. The van der Waals surface area contributed by atoms with Gasteiger partial charge in [0.05, 0.1) is 0 Å². The van der Waals surface area contributed by atoms with Crippen LogP contribution < -0.4 is 0 Å². The van der Waals surface area contributed by atoms with Gasteiger partial charge in [-0.05, 0) is 0 Å². The van der Waals surface area contributed by atoms with E-state index in [2.05, 4.69) is 83.6 Å². The molecule has 0 unspecified atom stereocenters. The second-order valence-electron chi connectivity index (χ2n) is 0.837. The van der Waals surface area contributed by atoms with Crippen LogP contribution in [-0.2, 0) is 0 Å². The molecule has 0 aromatic rings. The van der Waals surface area contributed by atoms with Crippen molar-refractivity contribution in [2.75, 3.05) is 0 Å².